The first kappa shape index (κ1) is 18.0. The van der Waals surface area contributed by atoms with Crippen LogP contribution >= 0.6 is 0 Å². The fourth-order valence-electron chi connectivity index (χ4n) is 4.11. The average Bonchev–Trinajstić information content (AvgIpc) is 2.84. The molecule has 3 aromatic carbocycles. The van der Waals surface area contributed by atoms with Gasteiger partial charge in [-0.05, 0) is 65.4 Å². The quantitative estimate of drug-likeness (QED) is 0.639. The zero-order chi connectivity index (χ0) is 19.8. The number of methoxy groups -OCH3 is 2. The van der Waals surface area contributed by atoms with Crippen LogP contribution in [0.4, 0.5) is 0 Å². The van der Waals surface area contributed by atoms with Crippen molar-refractivity contribution in [1.82, 2.24) is 0 Å². The molecule has 0 aromatic heterocycles. The monoisotopic (exact) mass is 378 g/mol. The highest BCUT2D eigenvalue weighted by Crippen LogP contribution is 2.46. The Morgan fingerprint density at radius 3 is 2.21 bits per heavy atom. The Hall–Kier alpha value is -3.34. The van der Waals surface area contributed by atoms with E-state index in [0.717, 1.165) is 34.2 Å². The Morgan fingerprint density at radius 1 is 0.750 bits per heavy atom. The fraction of sp³-hybridized carbons (Fsp3) is 0.217. The van der Waals surface area contributed by atoms with E-state index in [1.165, 1.54) is 7.11 Å². The number of hydrogen-bond acceptors (Lipinski definition) is 5. The Bertz CT molecular complexity index is 1040. The van der Waals surface area contributed by atoms with Crippen molar-refractivity contribution in [2.24, 2.45) is 0 Å². The lowest BCUT2D eigenvalue weighted by atomic mass is 9.82. The molecule has 0 bridgehead atoms. The smallest absolute Gasteiger partial charge is 0.160 e. The molecule has 1 atom stereocenters. The first-order chi connectivity index (χ1) is 13.5. The van der Waals surface area contributed by atoms with Crippen molar-refractivity contribution in [3.05, 3.63) is 76.3 Å². The minimum atomic E-state index is -0.196. The molecule has 4 rings (SSSR count). The Morgan fingerprint density at radius 2 is 1.46 bits per heavy atom. The van der Waals surface area contributed by atoms with Crippen LogP contribution in [-0.2, 0) is 12.8 Å². The molecular formula is C23H22O5. The van der Waals surface area contributed by atoms with E-state index in [2.05, 4.69) is 0 Å². The third-order valence-electron chi connectivity index (χ3n) is 5.36. The maximum Gasteiger partial charge on any atom is 0.160 e. The molecule has 144 valence electrons. The fourth-order valence-corrected chi connectivity index (χ4v) is 4.11. The summed E-state index contributed by atoms with van der Waals surface area (Å²) in [5.74, 6) is 1.25. The number of aryl methyl sites for hydroxylation is 2. The third kappa shape index (κ3) is 2.99. The lowest BCUT2D eigenvalue weighted by molar-refractivity contribution is 0.372. The molecule has 0 amide bonds. The normalized spacial score (nSPS) is 15.3. The summed E-state index contributed by atoms with van der Waals surface area (Å²) in [6.07, 6.45) is 1.44. The van der Waals surface area contributed by atoms with Crippen LogP contribution in [0.1, 0.15) is 33.7 Å². The van der Waals surface area contributed by atoms with E-state index in [1.807, 2.05) is 18.2 Å². The second-order valence-corrected chi connectivity index (χ2v) is 6.97. The van der Waals surface area contributed by atoms with Gasteiger partial charge in [-0.25, -0.2) is 0 Å². The molecule has 28 heavy (non-hydrogen) atoms. The summed E-state index contributed by atoms with van der Waals surface area (Å²) in [4.78, 5) is 0. The summed E-state index contributed by atoms with van der Waals surface area (Å²) >= 11 is 0. The van der Waals surface area contributed by atoms with Crippen molar-refractivity contribution in [1.29, 1.82) is 0 Å². The highest BCUT2D eigenvalue weighted by molar-refractivity contribution is 5.60. The van der Waals surface area contributed by atoms with Crippen LogP contribution in [-0.4, -0.2) is 29.5 Å². The molecule has 3 N–H and O–H groups in total. The highest BCUT2D eigenvalue weighted by Gasteiger charge is 2.29. The van der Waals surface area contributed by atoms with Gasteiger partial charge in [-0.3, -0.25) is 0 Å². The third-order valence-corrected chi connectivity index (χ3v) is 5.36. The molecule has 5 heteroatoms. The zero-order valence-electron chi connectivity index (χ0n) is 15.8. The average molecular weight is 378 g/mol. The summed E-state index contributed by atoms with van der Waals surface area (Å²) < 4.78 is 10.9. The summed E-state index contributed by atoms with van der Waals surface area (Å²) in [6.45, 7) is 0. The molecular weight excluding hydrogens is 356 g/mol. The van der Waals surface area contributed by atoms with Crippen molar-refractivity contribution in [2.75, 3.05) is 14.2 Å². The van der Waals surface area contributed by atoms with E-state index in [0.29, 0.717) is 17.9 Å². The summed E-state index contributed by atoms with van der Waals surface area (Å²) in [5, 5.41) is 30.2. The van der Waals surface area contributed by atoms with Crippen LogP contribution in [0, 0.1) is 0 Å². The predicted octanol–water partition coefficient (Wildman–Crippen LogP) is 4.10. The molecule has 5 nitrogen and oxygen atoms in total. The SMILES string of the molecule is COc1cc([C@@H]2c3ccc(O)cc3CCc3cc(O)cc(OC)c32)ccc1O. The Balaban J connectivity index is 2.03. The molecule has 1 aliphatic carbocycles. The topological polar surface area (TPSA) is 79.2 Å². The van der Waals surface area contributed by atoms with Gasteiger partial charge in [0.1, 0.15) is 17.2 Å². The molecule has 0 fully saturated rings. The van der Waals surface area contributed by atoms with Gasteiger partial charge in [-0.15, -0.1) is 0 Å². The van der Waals surface area contributed by atoms with Crippen molar-refractivity contribution >= 4 is 0 Å². The number of ether oxygens (including phenoxy) is 2. The maximum atomic E-state index is 10.2. The summed E-state index contributed by atoms with van der Waals surface area (Å²) in [5.41, 5.74) is 4.97. The van der Waals surface area contributed by atoms with Gasteiger partial charge >= 0.3 is 0 Å². The van der Waals surface area contributed by atoms with Gasteiger partial charge in [0.25, 0.3) is 0 Å². The minimum Gasteiger partial charge on any atom is -0.508 e. The van der Waals surface area contributed by atoms with Gasteiger partial charge < -0.3 is 24.8 Å². The predicted molar refractivity (Wildman–Crippen MR) is 106 cm³/mol. The second-order valence-electron chi connectivity index (χ2n) is 6.97. The van der Waals surface area contributed by atoms with Gasteiger partial charge in [0, 0.05) is 17.5 Å². The highest BCUT2D eigenvalue weighted by atomic mass is 16.5. The molecule has 0 heterocycles. The van der Waals surface area contributed by atoms with E-state index in [-0.39, 0.29) is 23.2 Å². The second kappa shape index (κ2) is 7.00. The Kier molecular flexibility index (Phi) is 4.51. The largest absolute Gasteiger partial charge is 0.508 e. The van der Waals surface area contributed by atoms with Gasteiger partial charge in [0.2, 0.25) is 0 Å². The molecule has 3 aromatic rings. The summed E-state index contributed by atoms with van der Waals surface area (Å²) in [7, 11) is 3.11. The van der Waals surface area contributed by atoms with Crippen LogP contribution in [0.15, 0.2) is 48.5 Å². The van der Waals surface area contributed by atoms with Crippen LogP contribution in [0.5, 0.6) is 28.7 Å². The number of fused-ring (bicyclic) bond motifs is 2. The standard InChI is InChI=1S/C23H22O5/c1-27-20-11-15(5-8-19(20)26)22-18-7-6-16(24)9-13(18)3-4-14-10-17(25)12-21(28-2)23(14)22/h5-12,22,24-26H,3-4H2,1-2H3/t22-/m1/s1. The van der Waals surface area contributed by atoms with E-state index in [4.69, 9.17) is 9.47 Å². The number of benzene rings is 3. The van der Waals surface area contributed by atoms with Crippen molar-refractivity contribution < 1.29 is 24.8 Å². The molecule has 1 aliphatic rings. The Labute approximate surface area is 163 Å². The van der Waals surface area contributed by atoms with E-state index in [9.17, 15) is 15.3 Å². The van der Waals surface area contributed by atoms with Gasteiger partial charge in [-0.1, -0.05) is 12.1 Å². The van der Waals surface area contributed by atoms with Crippen LogP contribution in [0.3, 0.4) is 0 Å². The van der Waals surface area contributed by atoms with Crippen LogP contribution in [0.25, 0.3) is 0 Å². The number of aromatic hydroxyl groups is 3. The van der Waals surface area contributed by atoms with Crippen LogP contribution in [0.2, 0.25) is 0 Å². The number of phenolic OH excluding ortho intramolecular Hbond substituents is 3. The summed E-state index contributed by atoms with van der Waals surface area (Å²) in [6, 6.07) is 14.1. The van der Waals surface area contributed by atoms with Crippen LogP contribution < -0.4 is 9.47 Å². The molecule has 0 saturated heterocycles. The molecule has 0 spiro atoms. The molecule has 0 saturated carbocycles. The lowest BCUT2D eigenvalue weighted by Gasteiger charge is -2.24. The molecule has 0 aliphatic heterocycles. The maximum absolute atomic E-state index is 10.2. The zero-order valence-corrected chi connectivity index (χ0v) is 15.8. The van der Waals surface area contributed by atoms with E-state index < -0.39 is 0 Å². The lowest BCUT2D eigenvalue weighted by Crippen LogP contribution is -2.08. The minimum absolute atomic E-state index is 0.0729. The number of phenols is 3. The van der Waals surface area contributed by atoms with Gasteiger partial charge in [0.05, 0.1) is 14.2 Å². The first-order valence-corrected chi connectivity index (χ1v) is 9.10. The first-order valence-electron chi connectivity index (χ1n) is 9.10. The molecule has 0 radical (unpaired) electrons. The number of hydrogen-bond donors (Lipinski definition) is 3. The molecule has 0 unspecified atom stereocenters. The van der Waals surface area contributed by atoms with Gasteiger partial charge in [0.15, 0.2) is 11.5 Å². The van der Waals surface area contributed by atoms with E-state index in [1.54, 1.807) is 37.4 Å². The van der Waals surface area contributed by atoms with E-state index >= 15 is 0 Å². The number of rotatable bonds is 3. The van der Waals surface area contributed by atoms with Crippen molar-refractivity contribution in [3.8, 4) is 28.7 Å². The van der Waals surface area contributed by atoms with Crippen molar-refractivity contribution in [3.63, 3.8) is 0 Å². The van der Waals surface area contributed by atoms with Crippen molar-refractivity contribution in [2.45, 2.75) is 18.8 Å². The van der Waals surface area contributed by atoms with Gasteiger partial charge in [-0.2, -0.15) is 0 Å².